The second-order valence-electron chi connectivity index (χ2n) is 5.31. The van der Waals surface area contributed by atoms with Crippen molar-refractivity contribution in [3.05, 3.63) is 0 Å². The van der Waals surface area contributed by atoms with Crippen molar-refractivity contribution in [1.82, 2.24) is 10.6 Å². The second-order valence-corrected chi connectivity index (χ2v) is 5.31. The maximum Gasteiger partial charge on any atom is 0.240 e. The first kappa shape index (κ1) is 11.9. The first-order chi connectivity index (χ1) is 7.77. The van der Waals surface area contributed by atoms with Crippen LogP contribution in [0, 0.1) is 5.92 Å². The van der Waals surface area contributed by atoms with Crippen LogP contribution in [0.4, 0.5) is 0 Å². The zero-order chi connectivity index (χ0) is 11.4. The van der Waals surface area contributed by atoms with Crippen molar-refractivity contribution in [2.75, 3.05) is 13.1 Å². The highest BCUT2D eigenvalue weighted by atomic mass is 16.2. The minimum Gasteiger partial charge on any atom is -0.354 e. The standard InChI is InChI=1S/C13H24N2O/c1-2-13(8-4-10-15-13)12(16)14-9-3-5-11-6-7-11/h11,15H,2-10H2,1H3,(H,14,16). The van der Waals surface area contributed by atoms with E-state index in [2.05, 4.69) is 17.6 Å². The number of hydrogen-bond acceptors (Lipinski definition) is 2. The first-order valence-corrected chi connectivity index (χ1v) is 6.80. The van der Waals surface area contributed by atoms with Gasteiger partial charge in [0.25, 0.3) is 0 Å². The van der Waals surface area contributed by atoms with Gasteiger partial charge in [0.05, 0.1) is 5.54 Å². The third kappa shape index (κ3) is 2.76. The predicted octanol–water partition coefficient (Wildman–Crippen LogP) is 1.82. The Labute approximate surface area is 98.4 Å². The molecule has 1 saturated heterocycles. The molecule has 1 aliphatic heterocycles. The van der Waals surface area contributed by atoms with Crippen LogP contribution in [0.3, 0.4) is 0 Å². The quantitative estimate of drug-likeness (QED) is 0.676. The van der Waals surface area contributed by atoms with Crippen LogP contribution in [0.15, 0.2) is 0 Å². The summed E-state index contributed by atoms with van der Waals surface area (Å²) in [6.07, 6.45) is 8.30. The van der Waals surface area contributed by atoms with Gasteiger partial charge in [0, 0.05) is 6.54 Å². The van der Waals surface area contributed by atoms with E-state index in [0.717, 1.165) is 44.7 Å². The molecule has 3 heteroatoms. The fourth-order valence-electron chi connectivity index (χ4n) is 2.63. The summed E-state index contributed by atoms with van der Waals surface area (Å²) in [5, 5.41) is 6.47. The summed E-state index contributed by atoms with van der Waals surface area (Å²) in [5.74, 6) is 1.20. The molecule has 2 N–H and O–H groups in total. The molecule has 1 atom stereocenters. The van der Waals surface area contributed by atoms with E-state index in [1.54, 1.807) is 0 Å². The number of amides is 1. The van der Waals surface area contributed by atoms with Crippen LogP contribution in [-0.2, 0) is 4.79 Å². The number of carbonyl (C=O) groups excluding carboxylic acids is 1. The molecule has 0 radical (unpaired) electrons. The lowest BCUT2D eigenvalue weighted by Crippen LogP contribution is -2.53. The van der Waals surface area contributed by atoms with Crippen LogP contribution in [0.2, 0.25) is 0 Å². The molecule has 0 aromatic carbocycles. The number of carbonyl (C=O) groups is 1. The third-order valence-electron chi connectivity index (χ3n) is 4.05. The minimum absolute atomic E-state index is 0.225. The smallest absolute Gasteiger partial charge is 0.240 e. The molecule has 2 fully saturated rings. The Hall–Kier alpha value is -0.570. The normalized spacial score (nSPS) is 29.3. The molecule has 0 bridgehead atoms. The molecule has 16 heavy (non-hydrogen) atoms. The van der Waals surface area contributed by atoms with Gasteiger partial charge in [0.15, 0.2) is 0 Å². The fraction of sp³-hybridized carbons (Fsp3) is 0.923. The van der Waals surface area contributed by atoms with Crippen molar-refractivity contribution in [3.8, 4) is 0 Å². The van der Waals surface area contributed by atoms with E-state index >= 15 is 0 Å². The van der Waals surface area contributed by atoms with E-state index in [9.17, 15) is 4.79 Å². The predicted molar refractivity (Wildman–Crippen MR) is 65.2 cm³/mol. The van der Waals surface area contributed by atoms with Crippen LogP contribution in [0.5, 0.6) is 0 Å². The highest BCUT2D eigenvalue weighted by Crippen LogP contribution is 2.33. The molecule has 1 aliphatic carbocycles. The third-order valence-corrected chi connectivity index (χ3v) is 4.05. The molecule has 0 aromatic rings. The van der Waals surface area contributed by atoms with Gasteiger partial charge in [-0.25, -0.2) is 0 Å². The van der Waals surface area contributed by atoms with E-state index < -0.39 is 0 Å². The van der Waals surface area contributed by atoms with E-state index in [-0.39, 0.29) is 11.4 Å². The molecule has 0 spiro atoms. The van der Waals surface area contributed by atoms with E-state index in [0.29, 0.717) is 0 Å². The lowest BCUT2D eigenvalue weighted by atomic mass is 9.93. The molecule has 1 unspecified atom stereocenters. The summed E-state index contributed by atoms with van der Waals surface area (Å²) in [4.78, 5) is 12.1. The number of rotatable bonds is 6. The SMILES string of the molecule is CCC1(C(=O)NCCCC2CC2)CCCN1. The summed E-state index contributed by atoms with van der Waals surface area (Å²) in [5.41, 5.74) is -0.250. The van der Waals surface area contributed by atoms with Crippen molar-refractivity contribution >= 4 is 5.91 Å². The van der Waals surface area contributed by atoms with E-state index in [1.165, 1.54) is 19.3 Å². The zero-order valence-corrected chi connectivity index (χ0v) is 10.3. The van der Waals surface area contributed by atoms with Gasteiger partial charge in [0.2, 0.25) is 5.91 Å². The molecule has 1 saturated carbocycles. The molecule has 0 aromatic heterocycles. The summed E-state index contributed by atoms with van der Waals surface area (Å²) in [7, 11) is 0. The maximum atomic E-state index is 12.1. The summed E-state index contributed by atoms with van der Waals surface area (Å²) in [6.45, 7) is 3.95. The Morgan fingerprint density at radius 3 is 2.88 bits per heavy atom. The van der Waals surface area contributed by atoms with Gasteiger partial charge < -0.3 is 10.6 Å². The van der Waals surface area contributed by atoms with Gasteiger partial charge in [0.1, 0.15) is 0 Å². The fourth-order valence-corrected chi connectivity index (χ4v) is 2.63. The molecule has 1 amide bonds. The molecule has 2 rings (SSSR count). The lowest BCUT2D eigenvalue weighted by Gasteiger charge is -2.26. The summed E-state index contributed by atoms with van der Waals surface area (Å²) in [6, 6.07) is 0. The molecular weight excluding hydrogens is 200 g/mol. The van der Waals surface area contributed by atoms with E-state index in [1.807, 2.05) is 0 Å². The van der Waals surface area contributed by atoms with Crippen molar-refractivity contribution in [3.63, 3.8) is 0 Å². The Morgan fingerprint density at radius 1 is 1.50 bits per heavy atom. The van der Waals surface area contributed by atoms with Gasteiger partial charge in [-0.05, 0) is 44.6 Å². The number of hydrogen-bond donors (Lipinski definition) is 2. The second kappa shape index (κ2) is 5.17. The Kier molecular flexibility index (Phi) is 3.85. The molecule has 2 aliphatic rings. The highest BCUT2D eigenvalue weighted by molar-refractivity contribution is 5.86. The zero-order valence-electron chi connectivity index (χ0n) is 10.3. The van der Waals surface area contributed by atoms with Crippen molar-refractivity contribution in [1.29, 1.82) is 0 Å². The van der Waals surface area contributed by atoms with Crippen molar-refractivity contribution in [2.24, 2.45) is 5.92 Å². The minimum atomic E-state index is -0.250. The van der Waals surface area contributed by atoms with Gasteiger partial charge in [-0.3, -0.25) is 4.79 Å². The summed E-state index contributed by atoms with van der Waals surface area (Å²) >= 11 is 0. The molecule has 3 nitrogen and oxygen atoms in total. The Bertz CT molecular complexity index is 242. The molecule has 1 heterocycles. The van der Waals surface area contributed by atoms with Gasteiger partial charge in [-0.2, -0.15) is 0 Å². The topological polar surface area (TPSA) is 41.1 Å². The Balaban J connectivity index is 1.68. The largest absolute Gasteiger partial charge is 0.354 e. The average Bonchev–Trinajstić information content (AvgIpc) is 2.99. The van der Waals surface area contributed by atoms with Gasteiger partial charge in [-0.15, -0.1) is 0 Å². The highest BCUT2D eigenvalue weighted by Gasteiger charge is 2.38. The first-order valence-electron chi connectivity index (χ1n) is 6.80. The number of nitrogens with one attached hydrogen (secondary N) is 2. The monoisotopic (exact) mass is 224 g/mol. The van der Waals surface area contributed by atoms with Crippen molar-refractivity contribution < 1.29 is 4.79 Å². The van der Waals surface area contributed by atoms with Crippen molar-refractivity contribution in [2.45, 2.75) is 57.4 Å². The van der Waals surface area contributed by atoms with Crippen LogP contribution in [0.25, 0.3) is 0 Å². The van der Waals surface area contributed by atoms with Crippen LogP contribution in [0.1, 0.15) is 51.9 Å². The average molecular weight is 224 g/mol. The van der Waals surface area contributed by atoms with Gasteiger partial charge in [-0.1, -0.05) is 19.8 Å². The maximum absolute atomic E-state index is 12.1. The van der Waals surface area contributed by atoms with Crippen LogP contribution in [-0.4, -0.2) is 24.5 Å². The Morgan fingerprint density at radius 2 is 2.31 bits per heavy atom. The van der Waals surface area contributed by atoms with E-state index in [4.69, 9.17) is 0 Å². The van der Waals surface area contributed by atoms with Crippen LogP contribution >= 0.6 is 0 Å². The lowest BCUT2D eigenvalue weighted by molar-refractivity contribution is -0.127. The molecular formula is C13H24N2O. The summed E-state index contributed by atoms with van der Waals surface area (Å²) < 4.78 is 0. The van der Waals surface area contributed by atoms with Crippen LogP contribution < -0.4 is 10.6 Å². The van der Waals surface area contributed by atoms with Gasteiger partial charge >= 0.3 is 0 Å². The molecule has 92 valence electrons.